The number of hydrogen-bond acceptors (Lipinski definition) is 1. The highest BCUT2D eigenvalue weighted by Crippen LogP contribution is 2.14. The third kappa shape index (κ3) is 1.40. The van der Waals surface area contributed by atoms with E-state index in [9.17, 15) is 0 Å². The van der Waals surface area contributed by atoms with Crippen LogP contribution in [0.2, 0.25) is 0 Å². The topological polar surface area (TPSA) is 3.24 Å². The van der Waals surface area contributed by atoms with Crippen LogP contribution in [0.15, 0.2) is 48.7 Å². The maximum absolute atomic E-state index is 3.18. The van der Waals surface area contributed by atoms with Crippen molar-refractivity contribution in [3.05, 3.63) is 54.8 Å². The Morgan fingerprint density at radius 2 is 2.25 bits per heavy atom. The lowest BCUT2D eigenvalue weighted by molar-refractivity contribution is 1.07. The molecule has 1 nitrogen and oxygen atoms in total. The van der Waals surface area contributed by atoms with Gasteiger partial charge in [0.25, 0.3) is 0 Å². The largest absolute Gasteiger partial charge is 0.344 e. The van der Waals surface area contributed by atoms with Crippen molar-refractivity contribution < 1.29 is 0 Å². The summed E-state index contributed by atoms with van der Waals surface area (Å²) in [4.78, 5) is 2.15. The molecule has 0 amide bonds. The van der Waals surface area contributed by atoms with Crippen molar-refractivity contribution in [3.63, 3.8) is 0 Å². The number of hydrogen-bond donors (Lipinski definition) is 0. The number of allylic oxidation sites excluding steroid dienone is 2. The molecule has 0 saturated heterocycles. The molecular weight excluding hydrogens is 146 g/mol. The molecule has 0 bridgehead atoms. The van der Waals surface area contributed by atoms with Crippen LogP contribution in [0.4, 0.5) is 5.69 Å². The summed E-state index contributed by atoms with van der Waals surface area (Å²) in [6, 6.07) is 11.2. The first-order valence-electron chi connectivity index (χ1n) is 4.03. The van der Waals surface area contributed by atoms with E-state index in [-0.39, 0.29) is 0 Å². The van der Waals surface area contributed by atoms with Crippen LogP contribution in [-0.4, -0.2) is 6.54 Å². The standard InChI is InChI=1S/C11H10N/c1-3-7-11(8-4-1)12-9-5-2-6-10-12/h1-7,9H,10H2. The van der Waals surface area contributed by atoms with E-state index in [4.69, 9.17) is 0 Å². The molecule has 0 atom stereocenters. The van der Waals surface area contributed by atoms with Crippen molar-refractivity contribution in [1.29, 1.82) is 0 Å². The molecule has 1 radical (unpaired) electrons. The highest BCUT2D eigenvalue weighted by molar-refractivity contribution is 5.49. The minimum absolute atomic E-state index is 0.941. The molecule has 2 rings (SSSR count). The number of nitrogens with zero attached hydrogens (tertiary/aromatic N) is 1. The van der Waals surface area contributed by atoms with Gasteiger partial charge in [-0.15, -0.1) is 0 Å². The van der Waals surface area contributed by atoms with E-state index in [0.29, 0.717) is 0 Å². The van der Waals surface area contributed by atoms with E-state index in [0.717, 1.165) is 12.2 Å². The van der Waals surface area contributed by atoms with Crippen LogP contribution in [0.3, 0.4) is 0 Å². The van der Waals surface area contributed by atoms with E-state index in [1.54, 1.807) is 0 Å². The Bertz CT molecular complexity index is 298. The zero-order valence-electron chi connectivity index (χ0n) is 6.77. The average molecular weight is 156 g/mol. The van der Waals surface area contributed by atoms with Crippen molar-refractivity contribution in [2.24, 2.45) is 0 Å². The second kappa shape index (κ2) is 3.26. The zero-order chi connectivity index (χ0) is 8.23. The minimum atomic E-state index is 0.941. The molecule has 0 spiro atoms. The maximum atomic E-state index is 3.18. The van der Waals surface area contributed by atoms with Gasteiger partial charge >= 0.3 is 0 Å². The number of anilines is 1. The van der Waals surface area contributed by atoms with Gasteiger partial charge in [-0.25, -0.2) is 0 Å². The summed E-state index contributed by atoms with van der Waals surface area (Å²) in [5, 5.41) is 0. The summed E-state index contributed by atoms with van der Waals surface area (Å²) in [6.07, 6.45) is 8.27. The van der Waals surface area contributed by atoms with Crippen LogP contribution in [0.5, 0.6) is 0 Å². The van der Waals surface area contributed by atoms with Gasteiger partial charge in [-0.3, -0.25) is 0 Å². The molecule has 0 aliphatic carbocycles. The van der Waals surface area contributed by atoms with Crippen LogP contribution in [0.25, 0.3) is 0 Å². The molecule has 0 aromatic heterocycles. The van der Waals surface area contributed by atoms with Gasteiger partial charge in [0.2, 0.25) is 0 Å². The summed E-state index contributed by atoms with van der Waals surface area (Å²) in [5.41, 5.74) is 1.12. The first-order valence-corrected chi connectivity index (χ1v) is 4.03. The van der Waals surface area contributed by atoms with Crippen molar-refractivity contribution in [2.75, 3.05) is 11.4 Å². The maximum Gasteiger partial charge on any atom is 0.0489 e. The highest BCUT2D eigenvalue weighted by Gasteiger charge is 2.00. The monoisotopic (exact) mass is 156 g/mol. The third-order valence-electron chi connectivity index (χ3n) is 1.82. The van der Waals surface area contributed by atoms with E-state index in [1.807, 2.05) is 24.3 Å². The minimum Gasteiger partial charge on any atom is -0.344 e. The normalized spacial score (nSPS) is 15.2. The molecule has 59 valence electrons. The van der Waals surface area contributed by atoms with Gasteiger partial charge in [0.05, 0.1) is 0 Å². The van der Waals surface area contributed by atoms with Crippen molar-refractivity contribution in [2.45, 2.75) is 0 Å². The molecule has 0 unspecified atom stereocenters. The Hall–Kier alpha value is -1.50. The summed E-state index contributed by atoms with van der Waals surface area (Å²) < 4.78 is 0. The van der Waals surface area contributed by atoms with Crippen LogP contribution in [0, 0.1) is 6.07 Å². The quantitative estimate of drug-likeness (QED) is 0.603. The van der Waals surface area contributed by atoms with Crippen molar-refractivity contribution in [3.8, 4) is 0 Å². The van der Waals surface area contributed by atoms with Gasteiger partial charge in [-0.2, -0.15) is 0 Å². The van der Waals surface area contributed by atoms with Crippen molar-refractivity contribution >= 4 is 5.69 Å². The average Bonchev–Trinajstić information content (AvgIpc) is 2.21. The number of benzene rings is 1. The second-order valence-corrected chi connectivity index (χ2v) is 2.67. The zero-order valence-corrected chi connectivity index (χ0v) is 6.77. The fraction of sp³-hybridized carbons (Fsp3) is 0.0909. The molecule has 1 aromatic rings. The molecule has 12 heavy (non-hydrogen) atoms. The molecule has 1 aliphatic rings. The fourth-order valence-electron chi connectivity index (χ4n) is 1.21. The predicted octanol–water partition coefficient (Wildman–Crippen LogP) is 2.38. The summed E-state index contributed by atoms with van der Waals surface area (Å²) >= 11 is 0. The van der Waals surface area contributed by atoms with Gasteiger partial charge in [-0.05, 0) is 12.1 Å². The van der Waals surface area contributed by atoms with Gasteiger partial charge in [0.1, 0.15) is 0 Å². The Balaban J connectivity index is 2.21. The van der Waals surface area contributed by atoms with Crippen molar-refractivity contribution in [1.82, 2.24) is 0 Å². The number of rotatable bonds is 1. The second-order valence-electron chi connectivity index (χ2n) is 2.67. The summed E-state index contributed by atoms with van der Waals surface area (Å²) in [5.74, 6) is 0. The third-order valence-corrected chi connectivity index (χ3v) is 1.82. The smallest absolute Gasteiger partial charge is 0.0489 e. The predicted molar refractivity (Wildman–Crippen MR) is 50.9 cm³/mol. The SMILES string of the molecule is [c]1ccccc1N1C=CC=CC1. The summed E-state index contributed by atoms with van der Waals surface area (Å²) in [7, 11) is 0. The highest BCUT2D eigenvalue weighted by atomic mass is 15.1. The molecule has 1 heteroatoms. The van der Waals surface area contributed by atoms with Crippen LogP contribution in [-0.2, 0) is 0 Å². The molecule has 0 saturated carbocycles. The van der Waals surface area contributed by atoms with E-state index in [2.05, 4.69) is 35.4 Å². The lowest BCUT2D eigenvalue weighted by atomic mass is 10.2. The van der Waals surface area contributed by atoms with Crippen LogP contribution in [0.1, 0.15) is 0 Å². The lowest BCUT2D eigenvalue weighted by Gasteiger charge is -2.19. The Morgan fingerprint density at radius 3 is 2.92 bits per heavy atom. The Labute approximate surface area is 72.6 Å². The molecule has 1 aliphatic heterocycles. The van der Waals surface area contributed by atoms with E-state index < -0.39 is 0 Å². The van der Waals surface area contributed by atoms with E-state index >= 15 is 0 Å². The fourth-order valence-corrected chi connectivity index (χ4v) is 1.21. The molecule has 1 aromatic carbocycles. The number of para-hydroxylation sites is 1. The molecule has 0 fully saturated rings. The van der Waals surface area contributed by atoms with Gasteiger partial charge in [-0.1, -0.05) is 30.4 Å². The van der Waals surface area contributed by atoms with Gasteiger partial charge in [0.15, 0.2) is 0 Å². The lowest BCUT2D eigenvalue weighted by Crippen LogP contribution is -2.17. The molecule has 0 N–H and O–H groups in total. The molecular formula is C11H10N. The first-order chi connectivity index (χ1) is 5.97. The first kappa shape index (κ1) is 7.17. The summed E-state index contributed by atoms with van der Waals surface area (Å²) in [6.45, 7) is 0.941. The van der Waals surface area contributed by atoms with Crippen LogP contribution >= 0.6 is 0 Å². The van der Waals surface area contributed by atoms with E-state index in [1.165, 1.54) is 0 Å². The van der Waals surface area contributed by atoms with Gasteiger partial charge in [0, 0.05) is 24.5 Å². The Morgan fingerprint density at radius 1 is 1.25 bits per heavy atom. The molecule has 1 heterocycles. The van der Waals surface area contributed by atoms with Gasteiger partial charge < -0.3 is 4.90 Å². The van der Waals surface area contributed by atoms with Crippen LogP contribution < -0.4 is 4.90 Å². The Kier molecular flexibility index (Phi) is 1.95.